The molecule has 0 saturated heterocycles. The zero-order chi connectivity index (χ0) is 15.8. The fourth-order valence-electron chi connectivity index (χ4n) is 2.33. The third-order valence-electron chi connectivity index (χ3n) is 4.19. The van der Waals surface area contributed by atoms with E-state index in [2.05, 4.69) is 74.8 Å². The molecule has 0 aliphatic rings. The summed E-state index contributed by atoms with van der Waals surface area (Å²) in [5.41, 5.74) is 1.47. The summed E-state index contributed by atoms with van der Waals surface area (Å²) >= 11 is 1.69. The number of fused-ring (bicyclic) bond motifs is 1. The van der Waals surface area contributed by atoms with Gasteiger partial charge in [0.15, 0.2) is 10.8 Å². The molecule has 2 aromatic rings. The second-order valence-electron chi connectivity index (χ2n) is 7.13. The van der Waals surface area contributed by atoms with E-state index in [0.29, 0.717) is 12.1 Å². The Bertz CT molecular complexity index is 591. The molecule has 0 aromatic carbocycles. The van der Waals surface area contributed by atoms with Crippen molar-refractivity contribution in [2.24, 2.45) is 5.41 Å². The monoisotopic (exact) mass is 308 g/mol. The van der Waals surface area contributed by atoms with Crippen LogP contribution in [-0.4, -0.2) is 28.5 Å². The van der Waals surface area contributed by atoms with Gasteiger partial charge in [-0.15, -0.1) is 11.3 Å². The van der Waals surface area contributed by atoms with E-state index in [1.54, 1.807) is 11.3 Å². The van der Waals surface area contributed by atoms with Gasteiger partial charge in [0.05, 0.1) is 5.69 Å². The van der Waals surface area contributed by atoms with E-state index < -0.39 is 0 Å². The number of nitrogens with one attached hydrogen (secondary N) is 1. The van der Waals surface area contributed by atoms with Crippen molar-refractivity contribution < 1.29 is 0 Å². The molecule has 0 amide bonds. The van der Waals surface area contributed by atoms with Crippen LogP contribution in [0.4, 0.5) is 5.82 Å². The highest BCUT2D eigenvalue weighted by atomic mass is 32.1. The van der Waals surface area contributed by atoms with Gasteiger partial charge in [0, 0.05) is 37.3 Å². The van der Waals surface area contributed by atoms with E-state index in [9.17, 15) is 0 Å². The molecule has 4 nitrogen and oxygen atoms in total. The van der Waals surface area contributed by atoms with Gasteiger partial charge in [0.25, 0.3) is 0 Å². The van der Waals surface area contributed by atoms with E-state index >= 15 is 0 Å². The Balaban J connectivity index is 2.38. The zero-order valence-corrected chi connectivity index (χ0v) is 15.1. The molecule has 0 aliphatic carbocycles. The lowest BCUT2D eigenvalue weighted by Gasteiger charge is -2.36. The molecular weight excluding hydrogens is 280 g/mol. The molecule has 2 aromatic heterocycles. The maximum Gasteiger partial charge on any atom is 0.195 e. The second kappa shape index (κ2) is 5.97. The van der Waals surface area contributed by atoms with Crippen LogP contribution >= 0.6 is 11.3 Å². The van der Waals surface area contributed by atoms with E-state index in [0.717, 1.165) is 17.3 Å². The Kier molecular flexibility index (Phi) is 4.63. The molecule has 0 aliphatic heterocycles. The third-order valence-corrected chi connectivity index (χ3v) is 4.94. The van der Waals surface area contributed by atoms with Gasteiger partial charge in [-0.05, 0) is 12.3 Å². The standard InChI is InChI=1S/C16H28N4S/c1-11(2)17-10-13-14(18-15-20(13)8-9-21-15)19(7)12(3)16(4,5)6/h8-9,11-12,17H,10H2,1-7H3. The molecule has 0 bridgehead atoms. The lowest BCUT2D eigenvalue weighted by molar-refractivity contribution is 0.328. The first kappa shape index (κ1) is 16.3. The van der Waals surface area contributed by atoms with Crippen LogP contribution in [-0.2, 0) is 6.54 Å². The lowest BCUT2D eigenvalue weighted by Crippen LogP contribution is -2.40. The molecule has 0 fully saturated rings. The molecule has 1 N–H and O–H groups in total. The number of anilines is 1. The summed E-state index contributed by atoms with van der Waals surface area (Å²) in [6.45, 7) is 14.3. The summed E-state index contributed by atoms with van der Waals surface area (Å²) in [6.07, 6.45) is 2.11. The van der Waals surface area contributed by atoms with Crippen molar-refractivity contribution in [3.8, 4) is 0 Å². The summed E-state index contributed by atoms with van der Waals surface area (Å²) in [5, 5.41) is 5.62. The minimum Gasteiger partial charge on any atom is -0.355 e. The van der Waals surface area contributed by atoms with Crippen molar-refractivity contribution in [2.75, 3.05) is 11.9 Å². The Morgan fingerprint density at radius 1 is 1.33 bits per heavy atom. The first-order valence-electron chi connectivity index (χ1n) is 7.62. The van der Waals surface area contributed by atoms with Crippen molar-refractivity contribution in [2.45, 2.75) is 60.2 Å². The molecule has 1 atom stereocenters. The summed E-state index contributed by atoms with van der Waals surface area (Å²) in [5.74, 6) is 1.09. The fraction of sp³-hybridized carbons (Fsp3) is 0.688. The van der Waals surface area contributed by atoms with Crippen LogP contribution < -0.4 is 10.2 Å². The average molecular weight is 308 g/mol. The predicted octanol–water partition coefficient (Wildman–Crippen LogP) is 3.76. The molecular formula is C16H28N4S. The number of aromatic nitrogens is 2. The van der Waals surface area contributed by atoms with E-state index in [1.165, 1.54) is 5.69 Å². The smallest absolute Gasteiger partial charge is 0.195 e. The molecule has 0 radical (unpaired) electrons. The molecule has 5 heteroatoms. The highest BCUT2D eigenvalue weighted by Crippen LogP contribution is 2.30. The number of thiazole rings is 1. The Morgan fingerprint density at radius 3 is 2.57 bits per heavy atom. The summed E-state index contributed by atoms with van der Waals surface area (Å²) in [4.78, 5) is 8.24. The van der Waals surface area contributed by atoms with Crippen LogP contribution in [0.25, 0.3) is 4.96 Å². The quantitative estimate of drug-likeness (QED) is 0.913. The van der Waals surface area contributed by atoms with Crippen molar-refractivity contribution in [3.63, 3.8) is 0 Å². The molecule has 21 heavy (non-hydrogen) atoms. The zero-order valence-electron chi connectivity index (χ0n) is 14.3. The van der Waals surface area contributed by atoms with Crippen molar-refractivity contribution in [1.82, 2.24) is 14.7 Å². The van der Waals surface area contributed by atoms with Gasteiger partial charge in [-0.25, -0.2) is 4.98 Å². The highest BCUT2D eigenvalue weighted by Gasteiger charge is 2.27. The topological polar surface area (TPSA) is 32.6 Å². The van der Waals surface area contributed by atoms with Crippen LogP contribution in [0.1, 0.15) is 47.2 Å². The first-order chi connectivity index (χ1) is 9.71. The fourth-order valence-corrected chi connectivity index (χ4v) is 3.06. The van der Waals surface area contributed by atoms with E-state index in [-0.39, 0.29) is 5.41 Å². The third kappa shape index (κ3) is 3.40. The summed E-state index contributed by atoms with van der Waals surface area (Å²) in [6, 6.07) is 0.882. The van der Waals surface area contributed by atoms with Gasteiger partial charge in [-0.3, -0.25) is 4.40 Å². The van der Waals surface area contributed by atoms with Crippen molar-refractivity contribution >= 4 is 22.1 Å². The number of rotatable bonds is 5. The first-order valence-corrected chi connectivity index (χ1v) is 8.50. The van der Waals surface area contributed by atoms with E-state index in [1.807, 2.05) is 0 Å². The summed E-state index contributed by atoms with van der Waals surface area (Å²) < 4.78 is 2.21. The molecule has 118 valence electrons. The number of nitrogens with zero attached hydrogens (tertiary/aromatic N) is 3. The minimum atomic E-state index is 0.217. The predicted molar refractivity (Wildman–Crippen MR) is 92.4 cm³/mol. The normalized spacial score (nSPS) is 14.1. The molecule has 2 heterocycles. The van der Waals surface area contributed by atoms with Crippen molar-refractivity contribution in [1.29, 1.82) is 0 Å². The molecule has 2 rings (SSSR count). The Morgan fingerprint density at radius 2 is 2.00 bits per heavy atom. The van der Waals surface area contributed by atoms with Gasteiger partial charge in [-0.1, -0.05) is 34.6 Å². The number of hydrogen-bond donors (Lipinski definition) is 1. The van der Waals surface area contributed by atoms with Gasteiger partial charge in [-0.2, -0.15) is 0 Å². The van der Waals surface area contributed by atoms with Crippen LogP contribution in [0, 0.1) is 5.41 Å². The second-order valence-corrected chi connectivity index (χ2v) is 8.00. The average Bonchev–Trinajstić information content (AvgIpc) is 2.93. The SMILES string of the molecule is CC(C)NCc1c(N(C)C(C)C(C)(C)C)nc2sccn12. The molecule has 1 unspecified atom stereocenters. The molecule has 0 spiro atoms. The van der Waals surface area contributed by atoms with Crippen molar-refractivity contribution in [3.05, 3.63) is 17.3 Å². The molecule has 0 saturated carbocycles. The maximum absolute atomic E-state index is 4.85. The van der Waals surface area contributed by atoms with E-state index in [4.69, 9.17) is 4.98 Å². The highest BCUT2D eigenvalue weighted by molar-refractivity contribution is 7.15. The number of hydrogen-bond acceptors (Lipinski definition) is 4. The minimum absolute atomic E-state index is 0.217. The van der Waals surface area contributed by atoms with Crippen LogP contribution in [0.3, 0.4) is 0 Å². The Labute approximate surface area is 132 Å². The van der Waals surface area contributed by atoms with Crippen LogP contribution in [0.15, 0.2) is 11.6 Å². The maximum atomic E-state index is 4.85. The summed E-state index contributed by atoms with van der Waals surface area (Å²) in [7, 11) is 2.15. The van der Waals surface area contributed by atoms with Gasteiger partial charge >= 0.3 is 0 Å². The Hall–Kier alpha value is -1.07. The lowest BCUT2D eigenvalue weighted by atomic mass is 9.87. The number of imidazole rings is 1. The van der Waals surface area contributed by atoms with Crippen LogP contribution in [0.5, 0.6) is 0 Å². The van der Waals surface area contributed by atoms with Crippen LogP contribution in [0.2, 0.25) is 0 Å². The van der Waals surface area contributed by atoms with Gasteiger partial charge in [0.1, 0.15) is 0 Å². The largest absolute Gasteiger partial charge is 0.355 e. The van der Waals surface area contributed by atoms with Gasteiger partial charge < -0.3 is 10.2 Å². The van der Waals surface area contributed by atoms with Gasteiger partial charge in [0.2, 0.25) is 0 Å².